The summed E-state index contributed by atoms with van der Waals surface area (Å²) >= 11 is 0. The number of aliphatic hydroxyl groups is 1. The number of phenols is 1. The lowest BCUT2D eigenvalue weighted by atomic mass is 9.99. The van der Waals surface area contributed by atoms with Gasteiger partial charge >= 0.3 is 6.09 Å². The second-order valence-corrected chi connectivity index (χ2v) is 10.7. The van der Waals surface area contributed by atoms with Gasteiger partial charge in [-0.15, -0.1) is 0 Å². The monoisotopic (exact) mass is 606 g/mol. The van der Waals surface area contributed by atoms with Crippen LogP contribution in [0, 0.1) is 0 Å². The Labute approximate surface area is 259 Å². The zero-order chi connectivity index (χ0) is 31.8. The number of phenolic OH excluding ortho intramolecular Hbond substituents is 1. The van der Waals surface area contributed by atoms with E-state index in [2.05, 4.69) is 20.9 Å². The van der Waals surface area contributed by atoms with Crippen LogP contribution in [0.5, 0.6) is 5.75 Å². The van der Waals surface area contributed by atoms with E-state index in [4.69, 9.17) is 0 Å². The number of pyridine rings is 1. The molecule has 4 aromatic carbocycles. The molecule has 0 unspecified atom stereocenters. The molecular weight excluding hydrogens is 572 g/mol. The van der Waals surface area contributed by atoms with Crippen molar-refractivity contribution in [2.75, 3.05) is 17.2 Å². The van der Waals surface area contributed by atoms with Crippen molar-refractivity contribution in [2.24, 2.45) is 0 Å². The molecule has 0 radical (unpaired) electrons. The highest BCUT2D eigenvalue weighted by Gasteiger charge is 2.14. The molecule has 45 heavy (non-hydrogen) atoms. The number of aromatic amines is 1. The van der Waals surface area contributed by atoms with E-state index in [0.717, 1.165) is 22.3 Å². The van der Waals surface area contributed by atoms with Gasteiger partial charge in [0, 0.05) is 42.2 Å². The molecule has 0 saturated heterocycles. The second kappa shape index (κ2) is 14.3. The van der Waals surface area contributed by atoms with Gasteiger partial charge in [-0.25, -0.2) is 4.79 Å². The first-order valence-electron chi connectivity index (χ1n) is 14.6. The number of aryl methyl sites for hydroxylation is 1. The van der Waals surface area contributed by atoms with E-state index in [0.29, 0.717) is 48.1 Å². The van der Waals surface area contributed by atoms with E-state index >= 15 is 0 Å². The molecule has 1 aromatic heterocycles. The summed E-state index contributed by atoms with van der Waals surface area (Å²) in [6.45, 7) is 0.736. The summed E-state index contributed by atoms with van der Waals surface area (Å²) in [6.07, 6.45) is -0.474. The number of carbonyl (C=O) groups excluding carboxylic acids is 1. The molecule has 0 aliphatic rings. The Kier molecular flexibility index (Phi) is 9.88. The van der Waals surface area contributed by atoms with Gasteiger partial charge in [0.15, 0.2) is 0 Å². The summed E-state index contributed by atoms with van der Waals surface area (Å²) in [7, 11) is 0. The van der Waals surface area contributed by atoms with Gasteiger partial charge in [0.05, 0.1) is 17.3 Å². The van der Waals surface area contributed by atoms with Crippen LogP contribution in [-0.4, -0.2) is 38.8 Å². The van der Waals surface area contributed by atoms with Crippen molar-refractivity contribution in [3.8, 4) is 16.9 Å². The second-order valence-electron chi connectivity index (χ2n) is 10.7. The average molecular weight is 607 g/mol. The molecule has 10 nitrogen and oxygen atoms in total. The number of aromatic nitrogens is 1. The van der Waals surface area contributed by atoms with Gasteiger partial charge in [0.2, 0.25) is 11.5 Å². The number of fused-ring (bicyclic) bond motifs is 1. The fraction of sp³-hybridized carbons (Fsp3) is 0.171. The van der Waals surface area contributed by atoms with Gasteiger partial charge in [0.25, 0.3) is 0 Å². The number of benzene rings is 4. The van der Waals surface area contributed by atoms with Gasteiger partial charge in [-0.3, -0.25) is 14.9 Å². The number of carboxylic acid groups (broad SMARTS) is 1. The van der Waals surface area contributed by atoms with Crippen LogP contribution in [0.15, 0.2) is 102 Å². The fourth-order valence-corrected chi connectivity index (χ4v) is 5.23. The van der Waals surface area contributed by atoms with E-state index in [1.807, 2.05) is 72.8 Å². The topological polar surface area (TPSA) is 164 Å². The van der Waals surface area contributed by atoms with Crippen molar-refractivity contribution in [1.82, 2.24) is 10.3 Å². The third kappa shape index (κ3) is 8.14. The predicted octanol–water partition coefficient (Wildman–Crippen LogP) is 5.78. The van der Waals surface area contributed by atoms with E-state index in [9.17, 15) is 29.7 Å². The highest BCUT2D eigenvalue weighted by Crippen LogP contribution is 2.30. The maximum absolute atomic E-state index is 12.6. The number of H-pyrrole nitrogens is 1. The van der Waals surface area contributed by atoms with E-state index in [1.54, 1.807) is 12.1 Å². The van der Waals surface area contributed by atoms with Crippen molar-refractivity contribution in [2.45, 2.75) is 31.9 Å². The Hall–Kier alpha value is -5.45. The Morgan fingerprint density at radius 3 is 2.36 bits per heavy atom. The van der Waals surface area contributed by atoms with Crippen molar-refractivity contribution < 1.29 is 24.9 Å². The molecule has 0 bridgehead atoms. The van der Waals surface area contributed by atoms with Crippen LogP contribution in [0.2, 0.25) is 0 Å². The van der Waals surface area contributed by atoms with E-state index in [-0.39, 0.29) is 29.3 Å². The molecule has 230 valence electrons. The summed E-state index contributed by atoms with van der Waals surface area (Å²) in [6, 6.07) is 28.7. The molecule has 2 amide bonds. The lowest BCUT2D eigenvalue weighted by Crippen LogP contribution is -2.21. The van der Waals surface area contributed by atoms with Crippen LogP contribution in [0.4, 0.5) is 16.2 Å². The van der Waals surface area contributed by atoms with Crippen LogP contribution in [-0.2, 0) is 17.8 Å². The molecule has 0 spiro atoms. The highest BCUT2D eigenvalue weighted by atomic mass is 16.4. The molecular formula is C35H34N4O6. The minimum absolute atomic E-state index is 0.0586. The van der Waals surface area contributed by atoms with Crippen molar-refractivity contribution in [3.63, 3.8) is 0 Å². The lowest BCUT2D eigenvalue weighted by Gasteiger charge is -2.15. The predicted molar refractivity (Wildman–Crippen MR) is 174 cm³/mol. The maximum atomic E-state index is 12.6. The number of aliphatic hydroxyl groups excluding tert-OH is 1. The van der Waals surface area contributed by atoms with Crippen molar-refractivity contribution in [3.05, 3.63) is 124 Å². The first-order chi connectivity index (χ1) is 21.8. The molecule has 1 heterocycles. The SMILES string of the molecule is O=C(O)Nc1cc(CCCC(=O)Nc2ccc(CNC[C@@H](O)c3ccc(O)c4[nH]c(=O)ccc34)cc2)ccc1-c1ccccc1. The van der Waals surface area contributed by atoms with Gasteiger partial charge in [0.1, 0.15) is 5.75 Å². The van der Waals surface area contributed by atoms with E-state index in [1.165, 1.54) is 12.1 Å². The number of rotatable bonds is 12. The number of hydrogen-bond donors (Lipinski definition) is 7. The Morgan fingerprint density at radius 2 is 1.60 bits per heavy atom. The third-order valence-corrected chi connectivity index (χ3v) is 7.45. The smallest absolute Gasteiger partial charge is 0.409 e. The number of carbonyl (C=O) groups is 2. The van der Waals surface area contributed by atoms with Gasteiger partial charge < -0.3 is 30.9 Å². The Balaban J connectivity index is 1.09. The standard InChI is InChI=1S/C35H34N4O6/c40-30-17-15-27(28-16-18-33(43)39-34(28)30)31(41)21-36-20-23-9-12-25(13-10-23)37-32(42)8-4-5-22-11-14-26(24-6-2-1-3-7-24)29(19-22)38-35(44)45/h1-3,6-7,9-19,31,36,38,40-41H,4-5,8,20-21H2,(H,37,42)(H,39,43)(H,44,45)/t31-/m1/s1. The molecule has 10 heteroatoms. The van der Waals surface area contributed by atoms with Crippen LogP contribution >= 0.6 is 0 Å². The summed E-state index contributed by atoms with van der Waals surface area (Å²) in [5.41, 5.74) is 5.32. The van der Waals surface area contributed by atoms with Gasteiger partial charge in [-0.05, 0) is 65.4 Å². The number of hydrogen-bond acceptors (Lipinski definition) is 6. The maximum Gasteiger partial charge on any atom is 0.409 e. The zero-order valence-electron chi connectivity index (χ0n) is 24.4. The highest BCUT2D eigenvalue weighted by molar-refractivity contribution is 5.91. The average Bonchev–Trinajstić information content (AvgIpc) is 3.02. The number of amides is 2. The molecule has 7 N–H and O–H groups in total. The Morgan fingerprint density at radius 1 is 0.844 bits per heavy atom. The largest absolute Gasteiger partial charge is 0.506 e. The van der Waals surface area contributed by atoms with Crippen LogP contribution in [0.1, 0.15) is 35.6 Å². The van der Waals surface area contributed by atoms with E-state index < -0.39 is 12.2 Å². The first kappa shape index (κ1) is 31.0. The van der Waals surface area contributed by atoms with Crippen LogP contribution in [0.3, 0.4) is 0 Å². The van der Waals surface area contributed by atoms with Gasteiger partial charge in [-0.2, -0.15) is 0 Å². The molecule has 5 rings (SSSR count). The normalized spacial score (nSPS) is 11.7. The lowest BCUT2D eigenvalue weighted by molar-refractivity contribution is -0.116. The molecule has 0 aliphatic carbocycles. The van der Waals surface area contributed by atoms with Crippen molar-refractivity contribution >= 4 is 34.3 Å². The first-order valence-corrected chi connectivity index (χ1v) is 14.6. The molecule has 5 aromatic rings. The number of anilines is 2. The Bertz CT molecular complexity index is 1850. The summed E-state index contributed by atoms with van der Waals surface area (Å²) < 4.78 is 0. The van der Waals surface area contributed by atoms with Crippen molar-refractivity contribution in [1.29, 1.82) is 0 Å². The zero-order valence-corrected chi connectivity index (χ0v) is 24.4. The summed E-state index contributed by atoms with van der Waals surface area (Å²) in [5.74, 6) is -0.173. The molecule has 0 saturated carbocycles. The number of nitrogens with one attached hydrogen (secondary N) is 4. The molecule has 0 fully saturated rings. The molecule has 1 atom stereocenters. The minimum Gasteiger partial charge on any atom is -0.506 e. The fourth-order valence-electron chi connectivity index (χ4n) is 5.23. The van der Waals surface area contributed by atoms with Crippen LogP contribution < -0.4 is 21.5 Å². The number of aromatic hydroxyl groups is 1. The third-order valence-electron chi connectivity index (χ3n) is 7.45. The minimum atomic E-state index is -1.13. The summed E-state index contributed by atoms with van der Waals surface area (Å²) in [4.78, 5) is 38.2. The van der Waals surface area contributed by atoms with Crippen LogP contribution in [0.25, 0.3) is 22.0 Å². The molecule has 0 aliphatic heterocycles. The quantitative estimate of drug-likeness (QED) is 0.0947. The van der Waals surface area contributed by atoms with Gasteiger partial charge in [-0.1, -0.05) is 60.7 Å². The summed E-state index contributed by atoms with van der Waals surface area (Å²) in [5, 5.41) is 39.3.